The highest BCUT2D eigenvalue weighted by molar-refractivity contribution is 5.92. The molecule has 4 aromatic rings. The van der Waals surface area contributed by atoms with Crippen LogP contribution in [0.4, 0.5) is 17.3 Å². The lowest BCUT2D eigenvalue weighted by Gasteiger charge is -2.37. The highest BCUT2D eigenvalue weighted by Crippen LogP contribution is 2.28. The van der Waals surface area contributed by atoms with E-state index in [0.29, 0.717) is 0 Å². The quantitative estimate of drug-likeness (QED) is 0.531. The molecule has 146 valence electrons. The molecule has 0 atom stereocenters. The molecule has 0 spiro atoms. The van der Waals surface area contributed by atoms with E-state index in [-0.39, 0.29) is 0 Å². The van der Waals surface area contributed by atoms with E-state index in [1.165, 1.54) is 5.69 Å². The number of fused-ring (bicyclic) bond motifs is 2. The SMILES string of the molecule is CN(C)c1ncnc2ccc(N3CCN(c4ncnc5cnccc45)CC3)cc12. The van der Waals surface area contributed by atoms with Gasteiger partial charge in [0.1, 0.15) is 24.3 Å². The summed E-state index contributed by atoms with van der Waals surface area (Å²) in [7, 11) is 4.02. The lowest BCUT2D eigenvalue weighted by Crippen LogP contribution is -2.46. The monoisotopic (exact) mass is 386 g/mol. The summed E-state index contributed by atoms with van der Waals surface area (Å²) in [6.45, 7) is 3.65. The van der Waals surface area contributed by atoms with Gasteiger partial charge in [-0.3, -0.25) is 4.98 Å². The first kappa shape index (κ1) is 17.5. The molecule has 0 amide bonds. The fourth-order valence-corrected chi connectivity index (χ4v) is 3.91. The van der Waals surface area contributed by atoms with Crippen molar-refractivity contribution in [3.63, 3.8) is 0 Å². The maximum absolute atomic E-state index is 4.55. The fourth-order valence-electron chi connectivity index (χ4n) is 3.91. The normalized spacial score (nSPS) is 14.6. The van der Waals surface area contributed by atoms with Gasteiger partial charge < -0.3 is 14.7 Å². The van der Waals surface area contributed by atoms with Gasteiger partial charge in [0, 0.05) is 62.9 Å². The average molecular weight is 386 g/mol. The molecule has 1 saturated heterocycles. The minimum absolute atomic E-state index is 0.880. The van der Waals surface area contributed by atoms with Crippen LogP contribution in [-0.2, 0) is 0 Å². The summed E-state index contributed by atoms with van der Waals surface area (Å²) in [6, 6.07) is 8.42. The zero-order valence-electron chi connectivity index (χ0n) is 16.5. The first-order chi connectivity index (χ1) is 14.2. The number of pyridine rings is 1. The molecule has 3 aromatic heterocycles. The van der Waals surface area contributed by atoms with Gasteiger partial charge in [-0.15, -0.1) is 0 Å². The molecule has 1 aromatic carbocycles. The van der Waals surface area contributed by atoms with Gasteiger partial charge in [-0.1, -0.05) is 0 Å². The van der Waals surface area contributed by atoms with Gasteiger partial charge in [0.2, 0.25) is 0 Å². The molecule has 1 aliphatic heterocycles. The second kappa shape index (κ2) is 7.12. The van der Waals surface area contributed by atoms with Gasteiger partial charge >= 0.3 is 0 Å². The van der Waals surface area contributed by atoms with Gasteiger partial charge in [0.25, 0.3) is 0 Å². The fraction of sp³-hybridized carbons (Fsp3) is 0.286. The number of hydrogen-bond acceptors (Lipinski definition) is 8. The van der Waals surface area contributed by atoms with Crippen LogP contribution in [0.3, 0.4) is 0 Å². The molecule has 1 aliphatic rings. The Hall–Kier alpha value is -3.55. The zero-order valence-corrected chi connectivity index (χ0v) is 16.5. The maximum atomic E-state index is 4.55. The smallest absolute Gasteiger partial charge is 0.140 e. The molecule has 0 unspecified atom stereocenters. The number of anilines is 3. The van der Waals surface area contributed by atoms with Crippen molar-refractivity contribution in [2.75, 3.05) is 55.0 Å². The molecular weight excluding hydrogens is 364 g/mol. The van der Waals surface area contributed by atoms with Crippen molar-refractivity contribution in [1.82, 2.24) is 24.9 Å². The van der Waals surface area contributed by atoms with Crippen LogP contribution in [0, 0.1) is 0 Å². The molecule has 0 aliphatic carbocycles. The summed E-state index contributed by atoms with van der Waals surface area (Å²) < 4.78 is 0. The number of piperazine rings is 1. The number of nitrogens with zero attached hydrogens (tertiary/aromatic N) is 8. The molecule has 0 saturated carbocycles. The van der Waals surface area contributed by atoms with Crippen molar-refractivity contribution in [3.05, 3.63) is 49.3 Å². The van der Waals surface area contributed by atoms with Crippen LogP contribution in [0.15, 0.2) is 49.3 Å². The van der Waals surface area contributed by atoms with Crippen LogP contribution < -0.4 is 14.7 Å². The molecule has 8 nitrogen and oxygen atoms in total. The number of rotatable bonds is 3. The topological polar surface area (TPSA) is 74.2 Å². The first-order valence-electron chi connectivity index (χ1n) is 9.67. The van der Waals surface area contributed by atoms with Crippen LogP contribution in [0.1, 0.15) is 0 Å². The Morgan fingerprint density at radius 1 is 0.793 bits per heavy atom. The van der Waals surface area contributed by atoms with Crippen molar-refractivity contribution < 1.29 is 0 Å². The number of hydrogen-bond donors (Lipinski definition) is 0. The van der Waals surface area contributed by atoms with E-state index >= 15 is 0 Å². The molecule has 8 heteroatoms. The van der Waals surface area contributed by atoms with Crippen LogP contribution in [-0.4, -0.2) is 65.2 Å². The summed E-state index contributed by atoms with van der Waals surface area (Å²) in [5, 5.41) is 2.13. The standard InChI is InChI=1S/C21H22N8/c1-27(2)20-17-11-15(3-4-18(17)23-13-25-20)28-7-9-29(10-8-28)21-16-5-6-22-12-19(16)24-14-26-21/h3-6,11-14H,7-10H2,1-2H3. The number of aromatic nitrogens is 5. The highest BCUT2D eigenvalue weighted by Gasteiger charge is 2.21. The van der Waals surface area contributed by atoms with Crippen LogP contribution in [0.5, 0.6) is 0 Å². The molecule has 29 heavy (non-hydrogen) atoms. The Morgan fingerprint density at radius 3 is 2.38 bits per heavy atom. The molecule has 0 bridgehead atoms. The van der Waals surface area contributed by atoms with Crippen LogP contribution in [0.2, 0.25) is 0 Å². The summed E-state index contributed by atoms with van der Waals surface area (Å²) in [6.07, 6.45) is 6.83. The highest BCUT2D eigenvalue weighted by atomic mass is 15.3. The van der Waals surface area contributed by atoms with Gasteiger partial charge in [0.15, 0.2) is 0 Å². The Bertz CT molecular complexity index is 1160. The molecule has 0 N–H and O–H groups in total. The van der Waals surface area contributed by atoms with E-state index in [1.807, 2.05) is 25.1 Å². The summed E-state index contributed by atoms with van der Waals surface area (Å²) in [5.41, 5.74) is 3.05. The number of benzene rings is 1. The third-order valence-corrected chi connectivity index (χ3v) is 5.38. The van der Waals surface area contributed by atoms with Gasteiger partial charge in [-0.25, -0.2) is 19.9 Å². The van der Waals surface area contributed by atoms with Crippen molar-refractivity contribution >= 4 is 39.1 Å². The third kappa shape index (κ3) is 3.16. The lowest BCUT2D eigenvalue weighted by molar-refractivity contribution is 0.649. The minimum atomic E-state index is 0.880. The summed E-state index contributed by atoms with van der Waals surface area (Å²) in [5.74, 6) is 1.93. The van der Waals surface area contributed by atoms with E-state index in [4.69, 9.17) is 0 Å². The van der Waals surface area contributed by atoms with Crippen molar-refractivity contribution in [2.45, 2.75) is 0 Å². The van der Waals surface area contributed by atoms with E-state index in [9.17, 15) is 0 Å². The summed E-state index contributed by atoms with van der Waals surface area (Å²) >= 11 is 0. The molecule has 5 rings (SSSR count). The molecule has 4 heterocycles. The van der Waals surface area contributed by atoms with E-state index < -0.39 is 0 Å². The average Bonchev–Trinajstić information content (AvgIpc) is 2.78. The zero-order chi connectivity index (χ0) is 19.8. The molecule has 1 fully saturated rings. The van der Waals surface area contributed by atoms with Crippen LogP contribution in [0.25, 0.3) is 21.8 Å². The van der Waals surface area contributed by atoms with E-state index in [2.05, 4.69) is 52.9 Å². The Balaban J connectivity index is 1.40. The van der Waals surface area contributed by atoms with E-state index in [0.717, 1.165) is 59.6 Å². The van der Waals surface area contributed by atoms with Gasteiger partial charge in [-0.05, 0) is 24.3 Å². The Morgan fingerprint density at radius 2 is 1.55 bits per heavy atom. The van der Waals surface area contributed by atoms with Gasteiger partial charge in [0.05, 0.1) is 17.2 Å². The predicted molar refractivity (Wildman–Crippen MR) is 116 cm³/mol. The van der Waals surface area contributed by atoms with Crippen molar-refractivity contribution in [1.29, 1.82) is 0 Å². The Kier molecular flexibility index (Phi) is 4.31. The van der Waals surface area contributed by atoms with Gasteiger partial charge in [-0.2, -0.15) is 0 Å². The molecule has 0 radical (unpaired) electrons. The second-order valence-corrected chi connectivity index (χ2v) is 7.36. The largest absolute Gasteiger partial charge is 0.368 e. The second-order valence-electron chi connectivity index (χ2n) is 7.36. The van der Waals surface area contributed by atoms with Crippen LogP contribution >= 0.6 is 0 Å². The lowest BCUT2D eigenvalue weighted by atomic mass is 10.1. The molecular formula is C21H22N8. The first-order valence-corrected chi connectivity index (χ1v) is 9.67. The minimum Gasteiger partial charge on any atom is -0.368 e. The summed E-state index contributed by atoms with van der Waals surface area (Å²) in [4.78, 5) is 28.7. The van der Waals surface area contributed by atoms with Crippen molar-refractivity contribution in [3.8, 4) is 0 Å². The van der Waals surface area contributed by atoms with Crippen molar-refractivity contribution in [2.24, 2.45) is 0 Å². The third-order valence-electron chi connectivity index (χ3n) is 5.38. The Labute approximate surface area is 168 Å². The predicted octanol–water partition coefficient (Wildman–Crippen LogP) is 2.36. The van der Waals surface area contributed by atoms with E-state index in [1.54, 1.807) is 25.0 Å². The maximum Gasteiger partial charge on any atom is 0.140 e.